The molecular formula is C29H35BrN4O4. The first-order chi connectivity index (χ1) is 18.0. The number of nitrogens with zero attached hydrogens (tertiary/aromatic N) is 1. The van der Waals surface area contributed by atoms with Crippen LogP contribution < -0.4 is 42.7 Å². The summed E-state index contributed by atoms with van der Waals surface area (Å²) in [6.45, 7) is 1.37. The van der Waals surface area contributed by atoms with E-state index in [0.29, 0.717) is 17.9 Å². The van der Waals surface area contributed by atoms with Gasteiger partial charge >= 0.3 is 0 Å². The fourth-order valence-electron chi connectivity index (χ4n) is 3.81. The summed E-state index contributed by atoms with van der Waals surface area (Å²) in [5.74, 6) is -0.822. The van der Waals surface area contributed by atoms with E-state index in [4.69, 9.17) is 10.5 Å². The Morgan fingerprint density at radius 3 is 2.18 bits per heavy atom. The quantitative estimate of drug-likeness (QED) is 0.166. The molecule has 0 fully saturated rings. The summed E-state index contributed by atoms with van der Waals surface area (Å²) >= 11 is 0. The molecule has 3 aromatic rings. The maximum Gasteiger partial charge on any atom is 0.251 e. The third kappa shape index (κ3) is 11.1. The fraction of sp³-hybridized carbons (Fsp3) is 0.310. The van der Waals surface area contributed by atoms with Crippen molar-refractivity contribution in [3.63, 3.8) is 0 Å². The summed E-state index contributed by atoms with van der Waals surface area (Å²) in [6, 6.07) is 21.3. The van der Waals surface area contributed by atoms with Crippen LogP contribution in [0.3, 0.4) is 0 Å². The van der Waals surface area contributed by atoms with Gasteiger partial charge in [0.25, 0.3) is 5.91 Å². The Morgan fingerprint density at radius 2 is 1.50 bits per heavy atom. The number of carbonyl (C=O) groups excluding carboxylic acids is 3. The number of carbonyl (C=O) groups is 3. The van der Waals surface area contributed by atoms with Crippen LogP contribution in [0.1, 0.15) is 41.6 Å². The van der Waals surface area contributed by atoms with Gasteiger partial charge in [0.15, 0.2) is 12.4 Å². The lowest BCUT2D eigenvalue weighted by Crippen LogP contribution is -3.00. The third-order valence-corrected chi connectivity index (χ3v) is 5.84. The number of benzene rings is 2. The topological polar surface area (TPSA) is 114 Å². The normalized spacial score (nSPS) is 11.1. The number of primary amides is 1. The molecule has 8 nitrogen and oxygen atoms in total. The van der Waals surface area contributed by atoms with Crippen LogP contribution in [-0.4, -0.2) is 36.9 Å². The zero-order chi connectivity index (χ0) is 26.3. The van der Waals surface area contributed by atoms with E-state index in [1.54, 1.807) is 24.3 Å². The lowest BCUT2D eigenvalue weighted by atomic mass is 10.1. The lowest BCUT2D eigenvalue weighted by molar-refractivity contribution is -0.697. The van der Waals surface area contributed by atoms with Crippen LogP contribution in [0.2, 0.25) is 0 Å². The second kappa shape index (κ2) is 16.9. The molecule has 0 bridgehead atoms. The van der Waals surface area contributed by atoms with Crippen LogP contribution in [0.5, 0.6) is 5.75 Å². The highest BCUT2D eigenvalue weighted by atomic mass is 79.9. The van der Waals surface area contributed by atoms with Gasteiger partial charge in [0, 0.05) is 30.5 Å². The van der Waals surface area contributed by atoms with E-state index >= 15 is 0 Å². The van der Waals surface area contributed by atoms with Crippen molar-refractivity contribution in [3.05, 3.63) is 96.3 Å². The Morgan fingerprint density at radius 1 is 0.842 bits per heavy atom. The second-order valence-corrected chi connectivity index (χ2v) is 8.80. The molecule has 1 heterocycles. The van der Waals surface area contributed by atoms with Gasteiger partial charge in [-0.2, -0.15) is 0 Å². The summed E-state index contributed by atoms with van der Waals surface area (Å²) in [4.78, 5) is 36.4. The van der Waals surface area contributed by atoms with Gasteiger partial charge in [0.1, 0.15) is 18.3 Å². The third-order valence-electron chi connectivity index (χ3n) is 5.84. The van der Waals surface area contributed by atoms with Crippen molar-refractivity contribution in [2.45, 2.75) is 44.7 Å². The van der Waals surface area contributed by atoms with Crippen molar-refractivity contribution in [2.75, 3.05) is 13.2 Å². The van der Waals surface area contributed by atoms with Gasteiger partial charge in [-0.3, -0.25) is 14.4 Å². The Labute approximate surface area is 234 Å². The van der Waals surface area contributed by atoms with E-state index in [9.17, 15) is 14.4 Å². The molecule has 2 aromatic carbocycles. The lowest BCUT2D eigenvalue weighted by Gasteiger charge is -2.16. The van der Waals surface area contributed by atoms with Gasteiger partial charge in [0.2, 0.25) is 11.8 Å². The van der Waals surface area contributed by atoms with Gasteiger partial charge in [-0.05, 0) is 49.1 Å². The molecule has 0 saturated carbocycles. The molecule has 0 unspecified atom stereocenters. The minimum atomic E-state index is -0.856. The van der Waals surface area contributed by atoms with Crippen molar-refractivity contribution < 1.29 is 40.7 Å². The summed E-state index contributed by atoms with van der Waals surface area (Å²) < 4.78 is 7.96. The molecule has 3 amide bonds. The molecule has 0 radical (unpaired) electrons. The Bertz CT molecular complexity index is 1130. The average molecular weight is 584 g/mol. The first kappa shape index (κ1) is 30.5. The number of nitrogens with one attached hydrogen (secondary N) is 2. The first-order valence-electron chi connectivity index (χ1n) is 12.6. The number of hydrogen-bond acceptors (Lipinski definition) is 4. The van der Waals surface area contributed by atoms with Gasteiger partial charge in [0.05, 0.1) is 13.2 Å². The van der Waals surface area contributed by atoms with Gasteiger partial charge in [-0.25, -0.2) is 4.57 Å². The maximum atomic E-state index is 12.4. The van der Waals surface area contributed by atoms with Crippen molar-refractivity contribution >= 4 is 17.7 Å². The van der Waals surface area contributed by atoms with Crippen molar-refractivity contribution in [2.24, 2.45) is 5.73 Å². The molecule has 0 spiro atoms. The van der Waals surface area contributed by atoms with Crippen molar-refractivity contribution in [1.29, 1.82) is 0 Å². The molecule has 9 heteroatoms. The van der Waals surface area contributed by atoms with Gasteiger partial charge in [-0.1, -0.05) is 36.4 Å². The molecule has 202 valence electrons. The SMILES string of the molecule is NC(=O)[C@H](Cc1ccccc1)NC(=O)CNC(=O)c1ccc(OCCCCCC[n+]2ccccc2)cc1.[Br-]. The second-order valence-electron chi connectivity index (χ2n) is 8.80. The number of aromatic nitrogens is 1. The smallest absolute Gasteiger partial charge is 0.251 e. The van der Waals surface area contributed by atoms with E-state index in [2.05, 4.69) is 27.6 Å². The average Bonchev–Trinajstić information content (AvgIpc) is 2.92. The van der Waals surface area contributed by atoms with Gasteiger partial charge in [-0.15, -0.1) is 0 Å². The number of pyridine rings is 1. The maximum absolute atomic E-state index is 12.4. The first-order valence-corrected chi connectivity index (χ1v) is 12.6. The minimum Gasteiger partial charge on any atom is -1.00 e. The summed E-state index contributed by atoms with van der Waals surface area (Å²) in [5.41, 5.74) is 6.71. The van der Waals surface area contributed by atoms with Crippen molar-refractivity contribution in [1.82, 2.24) is 10.6 Å². The Hall–Kier alpha value is -3.72. The zero-order valence-electron chi connectivity index (χ0n) is 21.4. The minimum absolute atomic E-state index is 0. The number of unbranched alkanes of at least 4 members (excludes halogenated alkanes) is 3. The highest BCUT2D eigenvalue weighted by Gasteiger charge is 2.19. The molecule has 4 N–H and O–H groups in total. The molecule has 0 aliphatic rings. The zero-order valence-corrected chi connectivity index (χ0v) is 22.9. The summed E-state index contributed by atoms with van der Waals surface area (Å²) in [7, 11) is 0. The number of nitrogens with two attached hydrogens (primary N) is 1. The van der Waals surface area contributed by atoms with E-state index < -0.39 is 23.8 Å². The fourth-order valence-corrected chi connectivity index (χ4v) is 3.81. The van der Waals surface area contributed by atoms with Crippen LogP contribution in [0.25, 0.3) is 0 Å². The van der Waals surface area contributed by atoms with Gasteiger partial charge < -0.3 is 38.1 Å². The molecule has 0 aliphatic heterocycles. The van der Waals surface area contributed by atoms with Crippen LogP contribution in [0.15, 0.2) is 85.2 Å². The highest BCUT2D eigenvalue weighted by molar-refractivity contribution is 5.97. The number of aryl methyl sites for hydroxylation is 1. The van der Waals surface area contributed by atoms with Crippen molar-refractivity contribution in [3.8, 4) is 5.75 Å². The van der Waals surface area contributed by atoms with Crippen LogP contribution in [0, 0.1) is 0 Å². The van der Waals surface area contributed by atoms with E-state index in [-0.39, 0.29) is 29.9 Å². The molecule has 3 rings (SSSR count). The van der Waals surface area contributed by atoms with Crippen LogP contribution >= 0.6 is 0 Å². The molecule has 0 saturated heterocycles. The number of hydrogen-bond donors (Lipinski definition) is 3. The van der Waals surface area contributed by atoms with E-state index in [1.807, 2.05) is 48.5 Å². The highest BCUT2D eigenvalue weighted by Crippen LogP contribution is 2.13. The number of ether oxygens (including phenoxy) is 1. The Balaban J connectivity index is 0.00000507. The number of halogens is 1. The summed E-state index contributed by atoms with van der Waals surface area (Å²) in [5, 5.41) is 5.15. The predicted molar refractivity (Wildman–Crippen MR) is 141 cm³/mol. The standard InChI is InChI=1S/C29H34N4O4.BrH/c30-28(35)26(21-23-11-5-3-6-12-23)32-27(34)22-31-29(36)24-13-15-25(16-14-24)37-20-10-2-1-7-17-33-18-8-4-9-19-33;/h3-6,8-9,11-16,18-19,26H,1-2,7,10,17,20-22H2,(H3-,30,31,32,34,35,36);1H/t26-;/m0./s1. The molecule has 0 aliphatic carbocycles. The molecule has 1 atom stereocenters. The summed E-state index contributed by atoms with van der Waals surface area (Å²) in [6.07, 6.45) is 8.77. The molecule has 1 aromatic heterocycles. The van der Waals surface area contributed by atoms with E-state index in [0.717, 1.165) is 37.8 Å². The van der Waals surface area contributed by atoms with Crippen LogP contribution in [0.4, 0.5) is 0 Å². The molecule has 38 heavy (non-hydrogen) atoms. The predicted octanol–water partition coefficient (Wildman–Crippen LogP) is -0.440. The van der Waals surface area contributed by atoms with E-state index in [1.165, 1.54) is 0 Å². The molecular weight excluding hydrogens is 548 g/mol. The largest absolute Gasteiger partial charge is 1.00 e. The monoisotopic (exact) mass is 582 g/mol. The number of amides is 3. The number of rotatable bonds is 15. The Kier molecular flexibility index (Phi) is 13.6. The van der Waals surface area contributed by atoms with Crippen LogP contribution in [-0.2, 0) is 22.6 Å².